The van der Waals surface area contributed by atoms with Crippen molar-refractivity contribution in [3.63, 3.8) is 0 Å². The molecular formula is C9H14ClNO3S. The van der Waals surface area contributed by atoms with Crippen molar-refractivity contribution in [2.75, 3.05) is 6.61 Å². The number of ether oxygens (including phenoxy) is 1. The first-order valence-corrected chi connectivity index (χ1v) is 5.85. The zero-order chi connectivity index (χ0) is 10.6. The molecule has 0 unspecified atom stereocenters. The number of para-hydroxylation sites is 1. The molecule has 0 aromatic heterocycles. The average molecular weight is 252 g/mol. The van der Waals surface area contributed by atoms with E-state index in [1.165, 1.54) is 6.07 Å². The van der Waals surface area contributed by atoms with Crippen LogP contribution < -0.4 is 9.88 Å². The predicted molar refractivity (Wildman–Crippen MR) is 60.8 cm³/mol. The van der Waals surface area contributed by atoms with Crippen molar-refractivity contribution in [3.8, 4) is 5.75 Å². The number of sulfonamides is 1. The predicted octanol–water partition coefficient (Wildman–Crippen LogP) is 1.54. The average Bonchev–Trinajstić information content (AvgIpc) is 2.14. The first-order chi connectivity index (χ1) is 6.55. The van der Waals surface area contributed by atoms with Crippen molar-refractivity contribution in [1.29, 1.82) is 0 Å². The van der Waals surface area contributed by atoms with Crippen molar-refractivity contribution in [2.24, 2.45) is 5.14 Å². The van der Waals surface area contributed by atoms with E-state index in [0.29, 0.717) is 12.4 Å². The minimum Gasteiger partial charge on any atom is -0.492 e. The summed E-state index contributed by atoms with van der Waals surface area (Å²) in [6.45, 7) is 2.42. The SMILES string of the molecule is CCCOc1ccccc1S(N)(=O)=O.Cl. The molecule has 0 atom stereocenters. The summed E-state index contributed by atoms with van der Waals surface area (Å²) in [5, 5.41) is 5.02. The van der Waals surface area contributed by atoms with Crippen LogP contribution in [0.2, 0.25) is 0 Å². The van der Waals surface area contributed by atoms with E-state index < -0.39 is 10.0 Å². The lowest BCUT2D eigenvalue weighted by molar-refractivity contribution is 0.309. The fourth-order valence-electron chi connectivity index (χ4n) is 1.02. The largest absolute Gasteiger partial charge is 0.492 e. The standard InChI is InChI=1S/C9H13NO3S.ClH/c1-2-7-13-8-5-3-4-6-9(8)14(10,11)12;/h3-6H,2,7H2,1H3,(H2,10,11,12);1H. The summed E-state index contributed by atoms with van der Waals surface area (Å²) in [4.78, 5) is 0.0356. The molecule has 86 valence electrons. The Bertz CT molecular complexity index is 406. The Hall–Kier alpha value is -0.780. The van der Waals surface area contributed by atoms with Gasteiger partial charge in [-0.25, -0.2) is 13.6 Å². The monoisotopic (exact) mass is 251 g/mol. The number of rotatable bonds is 4. The van der Waals surface area contributed by atoms with Crippen LogP contribution in [0.3, 0.4) is 0 Å². The lowest BCUT2D eigenvalue weighted by Crippen LogP contribution is -2.14. The van der Waals surface area contributed by atoms with E-state index in [4.69, 9.17) is 9.88 Å². The number of hydrogen-bond donors (Lipinski definition) is 1. The minimum atomic E-state index is -3.69. The Morgan fingerprint density at radius 2 is 1.93 bits per heavy atom. The molecule has 0 amide bonds. The number of hydrogen-bond acceptors (Lipinski definition) is 3. The van der Waals surface area contributed by atoms with E-state index in [-0.39, 0.29) is 17.3 Å². The van der Waals surface area contributed by atoms with Gasteiger partial charge in [-0.2, -0.15) is 0 Å². The van der Waals surface area contributed by atoms with Gasteiger partial charge in [0.15, 0.2) is 0 Å². The Labute approximate surface area is 95.9 Å². The van der Waals surface area contributed by atoms with Gasteiger partial charge < -0.3 is 4.74 Å². The van der Waals surface area contributed by atoms with E-state index in [1.54, 1.807) is 18.2 Å². The summed E-state index contributed by atoms with van der Waals surface area (Å²) in [5.41, 5.74) is 0. The second-order valence-electron chi connectivity index (χ2n) is 2.84. The molecule has 0 aliphatic heterocycles. The van der Waals surface area contributed by atoms with Gasteiger partial charge in [0.1, 0.15) is 10.6 Å². The molecule has 0 bridgehead atoms. The van der Waals surface area contributed by atoms with Crippen LogP contribution in [0.4, 0.5) is 0 Å². The van der Waals surface area contributed by atoms with Gasteiger partial charge >= 0.3 is 0 Å². The van der Waals surface area contributed by atoms with E-state index in [0.717, 1.165) is 6.42 Å². The Balaban J connectivity index is 0.00000196. The fraction of sp³-hybridized carbons (Fsp3) is 0.333. The van der Waals surface area contributed by atoms with Crippen LogP contribution in [0.25, 0.3) is 0 Å². The molecule has 2 N–H and O–H groups in total. The van der Waals surface area contributed by atoms with Gasteiger partial charge in [-0.1, -0.05) is 19.1 Å². The van der Waals surface area contributed by atoms with E-state index in [1.807, 2.05) is 6.92 Å². The van der Waals surface area contributed by atoms with E-state index in [9.17, 15) is 8.42 Å². The minimum absolute atomic E-state index is 0. The van der Waals surface area contributed by atoms with E-state index >= 15 is 0 Å². The Kier molecular flexibility index (Phi) is 5.64. The van der Waals surface area contributed by atoms with Crippen molar-refractivity contribution >= 4 is 22.4 Å². The van der Waals surface area contributed by atoms with Gasteiger partial charge in [0.25, 0.3) is 0 Å². The van der Waals surface area contributed by atoms with Gasteiger partial charge in [-0.15, -0.1) is 12.4 Å². The third-order valence-electron chi connectivity index (χ3n) is 1.62. The van der Waals surface area contributed by atoms with Crippen LogP contribution in [-0.4, -0.2) is 15.0 Å². The molecule has 0 spiro atoms. The van der Waals surface area contributed by atoms with Gasteiger partial charge in [-0.05, 0) is 18.6 Å². The molecule has 0 radical (unpaired) electrons. The number of primary sulfonamides is 1. The summed E-state index contributed by atoms with van der Waals surface area (Å²) in [6, 6.07) is 6.34. The third-order valence-corrected chi connectivity index (χ3v) is 2.57. The smallest absolute Gasteiger partial charge is 0.241 e. The van der Waals surface area contributed by atoms with Crippen LogP contribution in [0.15, 0.2) is 29.2 Å². The highest BCUT2D eigenvalue weighted by Crippen LogP contribution is 2.21. The van der Waals surface area contributed by atoms with Gasteiger partial charge in [0.2, 0.25) is 10.0 Å². The van der Waals surface area contributed by atoms with Crippen LogP contribution in [0.5, 0.6) is 5.75 Å². The normalized spacial score (nSPS) is 10.5. The fourth-order valence-corrected chi connectivity index (χ4v) is 1.69. The lowest BCUT2D eigenvalue weighted by atomic mass is 10.3. The van der Waals surface area contributed by atoms with Gasteiger partial charge in [0, 0.05) is 0 Å². The highest BCUT2D eigenvalue weighted by Gasteiger charge is 2.13. The van der Waals surface area contributed by atoms with Crippen molar-refractivity contribution in [2.45, 2.75) is 18.2 Å². The first kappa shape index (κ1) is 14.2. The molecular weight excluding hydrogens is 238 g/mol. The third kappa shape index (κ3) is 4.07. The maximum absolute atomic E-state index is 11.1. The first-order valence-electron chi connectivity index (χ1n) is 4.30. The van der Waals surface area contributed by atoms with Crippen LogP contribution >= 0.6 is 12.4 Å². The quantitative estimate of drug-likeness (QED) is 0.883. The lowest BCUT2D eigenvalue weighted by Gasteiger charge is -2.08. The second kappa shape index (κ2) is 5.95. The zero-order valence-electron chi connectivity index (χ0n) is 8.34. The topological polar surface area (TPSA) is 69.4 Å². The van der Waals surface area contributed by atoms with Crippen molar-refractivity contribution in [3.05, 3.63) is 24.3 Å². The molecule has 4 nitrogen and oxygen atoms in total. The zero-order valence-corrected chi connectivity index (χ0v) is 9.98. The summed E-state index contributed by atoms with van der Waals surface area (Å²) in [7, 11) is -3.69. The number of benzene rings is 1. The number of nitrogens with two attached hydrogens (primary N) is 1. The number of halogens is 1. The van der Waals surface area contributed by atoms with Crippen LogP contribution in [0.1, 0.15) is 13.3 Å². The summed E-state index contributed by atoms with van der Waals surface area (Å²) in [5.74, 6) is 0.317. The van der Waals surface area contributed by atoms with Crippen LogP contribution in [-0.2, 0) is 10.0 Å². The Morgan fingerprint density at radius 1 is 1.33 bits per heavy atom. The van der Waals surface area contributed by atoms with Crippen LogP contribution in [0, 0.1) is 0 Å². The molecule has 0 saturated heterocycles. The molecule has 0 aliphatic carbocycles. The van der Waals surface area contributed by atoms with Gasteiger partial charge in [-0.3, -0.25) is 0 Å². The Morgan fingerprint density at radius 3 is 2.47 bits per heavy atom. The molecule has 0 heterocycles. The van der Waals surface area contributed by atoms with Gasteiger partial charge in [0.05, 0.1) is 6.61 Å². The molecule has 1 rings (SSSR count). The maximum atomic E-state index is 11.1. The summed E-state index contributed by atoms with van der Waals surface area (Å²) < 4.78 is 27.5. The highest BCUT2D eigenvalue weighted by atomic mass is 35.5. The summed E-state index contributed by atoms with van der Waals surface area (Å²) >= 11 is 0. The van der Waals surface area contributed by atoms with E-state index in [2.05, 4.69) is 0 Å². The molecule has 0 saturated carbocycles. The molecule has 0 fully saturated rings. The summed E-state index contributed by atoms with van der Waals surface area (Å²) in [6.07, 6.45) is 0.818. The molecule has 15 heavy (non-hydrogen) atoms. The maximum Gasteiger partial charge on any atom is 0.241 e. The highest BCUT2D eigenvalue weighted by molar-refractivity contribution is 7.89. The molecule has 0 aliphatic rings. The second-order valence-corrected chi connectivity index (χ2v) is 4.37. The molecule has 6 heteroatoms. The molecule has 1 aromatic carbocycles. The molecule has 1 aromatic rings. The van der Waals surface area contributed by atoms with Crippen molar-refractivity contribution in [1.82, 2.24) is 0 Å². The van der Waals surface area contributed by atoms with Crippen molar-refractivity contribution < 1.29 is 13.2 Å².